The minimum atomic E-state index is -0.227. The Morgan fingerprint density at radius 3 is 2.62 bits per heavy atom. The number of amides is 1. The van der Waals surface area contributed by atoms with Gasteiger partial charge in [-0.3, -0.25) is 4.79 Å². The van der Waals surface area contributed by atoms with Crippen molar-refractivity contribution in [2.24, 2.45) is 0 Å². The van der Waals surface area contributed by atoms with Crippen LogP contribution in [0.5, 0.6) is 0 Å². The molecule has 2 aromatic rings. The Balaban J connectivity index is 2.09. The number of oxazole rings is 1. The molecule has 0 atom stereocenters. The number of pyridine rings is 1. The van der Waals surface area contributed by atoms with Gasteiger partial charge in [-0.15, -0.1) is 0 Å². The number of carbonyl (C=O) groups excluding carboxylic acids is 1. The topological polar surface area (TPSA) is 68.0 Å². The van der Waals surface area contributed by atoms with Gasteiger partial charge in [0, 0.05) is 11.3 Å². The molecule has 0 unspecified atom stereocenters. The molecule has 0 saturated carbocycles. The molecule has 0 aliphatic heterocycles. The summed E-state index contributed by atoms with van der Waals surface area (Å²) in [6.45, 7) is 7.94. The monoisotopic (exact) mass is 307 g/mol. The maximum atomic E-state index is 12.2. The first-order chi connectivity index (χ1) is 9.86. The highest BCUT2D eigenvalue weighted by Crippen LogP contribution is 2.17. The summed E-state index contributed by atoms with van der Waals surface area (Å²) in [6, 6.07) is 3.30. The van der Waals surface area contributed by atoms with E-state index in [1.807, 2.05) is 27.7 Å². The fourth-order valence-electron chi connectivity index (χ4n) is 1.82. The van der Waals surface area contributed by atoms with E-state index in [0.29, 0.717) is 16.6 Å². The number of hydrogen-bond donors (Lipinski definition) is 1. The van der Waals surface area contributed by atoms with Gasteiger partial charge < -0.3 is 9.73 Å². The quantitative estimate of drug-likeness (QED) is 0.879. The molecule has 5 nitrogen and oxygen atoms in total. The highest BCUT2D eigenvalue weighted by Gasteiger charge is 2.12. The number of aryl methyl sites for hydroxylation is 2. The summed E-state index contributed by atoms with van der Waals surface area (Å²) in [5, 5.41) is 3.08. The predicted octanol–water partition coefficient (Wildman–Crippen LogP) is 3.39. The van der Waals surface area contributed by atoms with Gasteiger partial charge in [0.1, 0.15) is 10.9 Å². The zero-order valence-electron chi connectivity index (χ0n) is 12.5. The number of carbonyl (C=O) groups is 1. The SMILES string of the molecule is Cc1nc(CNC(=O)c2cc(Cl)nc(C(C)C)c2)oc1C. The van der Waals surface area contributed by atoms with E-state index in [4.69, 9.17) is 16.0 Å². The molecule has 112 valence electrons. The molecule has 0 aliphatic rings. The first-order valence-electron chi connectivity index (χ1n) is 6.75. The Morgan fingerprint density at radius 1 is 1.33 bits per heavy atom. The lowest BCUT2D eigenvalue weighted by Gasteiger charge is -2.08. The van der Waals surface area contributed by atoms with Crippen molar-refractivity contribution in [2.45, 2.75) is 40.2 Å². The number of nitrogens with zero attached hydrogens (tertiary/aromatic N) is 2. The molecule has 0 spiro atoms. The molecule has 1 amide bonds. The van der Waals surface area contributed by atoms with Crippen LogP contribution in [0, 0.1) is 13.8 Å². The van der Waals surface area contributed by atoms with Gasteiger partial charge in [0.05, 0.1) is 12.2 Å². The Bertz CT molecular complexity index is 645. The molecular weight excluding hydrogens is 290 g/mol. The van der Waals surface area contributed by atoms with Crippen LogP contribution in [0.3, 0.4) is 0 Å². The van der Waals surface area contributed by atoms with Gasteiger partial charge >= 0.3 is 0 Å². The Kier molecular flexibility index (Phi) is 4.63. The molecule has 2 rings (SSSR count). The lowest BCUT2D eigenvalue weighted by molar-refractivity contribution is 0.0947. The second-order valence-corrected chi connectivity index (χ2v) is 5.58. The van der Waals surface area contributed by atoms with Gasteiger partial charge in [-0.2, -0.15) is 0 Å². The third kappa shape index (κ3) is 3.82. The summed E-state index contributed by atoms with van der Waals surface area (Å²) >= 11 is 5.96. The Labute approximate surface area is 128 Å². The highest BCUT2D eigenvalue weighted by atomic mass is 35.5. The van der Waals surface area contributed by atoms with Crippen LogP contribution in [0.25, 0.3) is 0 Å². The van der Waals surface area contributed by atoms with Crippen LogP contribution in [0.4, 0.5) is 0 Å². The van der Waals surface area contributed by atoms with E-state index in [0.717, 1.165) is 17.1 Å². The van der Waals surface area contributed by atoms with Crippen LogP contribution in [-0.2, 0) is 6.54 Å². The average Bonchev–Trinajstić information content (AvgIpc) is 2.74. The van der Waals surface area contributed by atoms with Crippen molar-refractivity contribution >= 4 is 17.5 Å². The van der Waals surface area contributed by atoms with E-state index < -0.39 is 0 Å². The molecule has 0 fully saturated rings. The van der Waals surface area contributed by atoms with Gasteiger partial charge in [-0.25, -0.2) is 9.97 Å². The zero-order chi connectivity index (χ0) is 15.6. The Hall–Kier alpha value is -1.88. The first-order valence-corrected chi connectivity index (χ1v) is 7.13. The predicted molar refractivity (Wildman–Crippen MR) is 80.5 cm³/mol. The number of rotatable bonds is 4. The minimum absolute atomic E-state index is 0.201. The summed E-state index contributed by atoms with van der Waals surface area (Å²) in [5.74, 6) is 1.22. The molecule has 6 heteroatoms. The summed E-state index contributed by atoms with van der Waals surface area (Å²) < 4.78 is 5.42. The molecule has 0 bridgehead atoms. The lowest BCUT2D eigenvalue weighted by atomic mass is 10.1. The molecular formula is C15H18ClN3O2. The maximum absolute atomic E-state index is 12.2. The molecule has 0 aromatic carbocycles. The van der Waals surface area contributed by atoms with Crippen molar-refractivity contribution in [3.05, 3.63) is 45.9 Å². The molecule has 2 aromatic heterocycles. The second kappa shape index (κ2) is 6.26. The van der Waals surface area contributed by atoms with Crippen molar-refractivity contribution in [2.75, 3.05) is 0 Å². The van der Waals surface area contributed by atoms with Crippen molar-refractivity contribution < 1.29 is 9.21 Å². The second-order valence-electron chi connectivity index (χ2n) is 5.19. The normalized spacial score (nSPS) is 11.0. The van der Waals surface area contributed by atoms with E-state index in [1.54, 1.807) is 12.1 Å². The molecule has 0 aliphatic carbocycles. The highest BCUT2D eigenvalue weighted by molar-refractivity contribution is 6.29. The summed E-state index contributed by atoms with van der Waals surface area (Å²) in [6.07, 6.45) is 0. The van der Waals surface area contributed by atoms with Crippen LogP contribution < -0.4 is 5.32 Å². The summed E-state index contributed by atoms with van der Waals surface area (Å²) in [5.41, 5.74) is 2.10. The maximum Gasteiger partial charge on any atom is 0.251 e. The van der Waals surface area contributed by atoms with E-state index in [-0.39, 0.29) is 18.4 Å². The fraction of sp³-hybridized carbons (Fsp3) is 0.400. The van der Waals surface area contributed by atoms with Crippen LogP contribution in [-0.4, -0.2) is 15.9 Å². The standard InChI is InChI=1S/C15H18ClN3O2/c1-8(2)12-5-11(6-13(16)19-12)15(20)17-7-14-18-9(3)10(4)21-14/h5-6,8H,7H2,1-4H3,(H,17,20). The van der Waals surface area contributed by atoms with Gasteiger partial charge in [0.15, 0.2) is 0 Å². The van der Waals surface area contributed by atoms with E-state index >= 15 is 0 Å². The van der Waals surface area contributed by atoms with Gasteiger partial charge in [0.25, 0.3) is 5.91 Å². The van der Waals surface area contributed by atoms with Gasteiger partial charge in [-0.1, -0.05) is 25.4 Å². The average molecular weight is 308 g/mol. The zero-order valence-corrected chi connectivity index (χ0v) is 13.3. The summed E-state index contributed by atoms with van der Waals surface area (Å²) in [4.78, 5) is 20.6. The van der Waals surface area contributed by atoms with Crippen molar-refractivity contribution in [1.29, 1.82) is 0 Å². The molecule has 0 radical (unpaired) electrons. The minimum Gasteiger partial charge on any atom is -0.444 e. The smallest absolute Gasteiger partial charge is 0.251 e. The van der Waals surface area contributed by atoms with Crippen molar-refractivity contribution in [3.63, 3.8) is 0 Å². The van der Waals surface area contributed by atoms with E-state index in [2.05, 4.69) is 15.3 Å². The van der Waals surface area contributed by atoms with Gasteiger partial charge in [0.2, 0.25) is 5.89 Å². The van der Waals surface area contributed by atoms with E-state index in [1.165, 1.54) is 0 Å². The molecule has 21 heavy (non-hydrogen) atoms. The molecule has 1 N–H and O–H groups in total. The number of nitrogens with one attached hydrogen (secondary N) is 1. The number of halogens is 1. The third-order valence-corrected chi connectivity index (χ3v) is 3.33. The van der Waals surface area contributed by atoms with Crippen LogP contribution in [0.1, 0.15) is 53.2 Å². The number of hydrogen-bond acceptors (Lipinski definition) is 4. The Morgan fingerprint density at radius 2 is 2.05 bits per heavy atom. The molecule has 2 heterocycles. The van der Waals surface area contributed by atoms with Crippen molar-refractivity contribution in [3.8, 4) is 0 Å². The van der Waals surface area contributed by atoms with Crippen LogP contribution in [0.2, 0.25) is 5.15 Å². The van der Waals surface area contributed by atoms with Crippen molar-refractivity contribution in [1.82, 2.24) is 15.3 Å². The fourth-order valence-corrected chi connectivity index (χ4v) is 2.03. The van der Waals surface area contributed by atoms with Crippen LogP contribution >= 0.6 is 11.6 Å². The largest absolute Gasteiger partial charge is 0.444 e. The first kappa shape index (κ1) is 15.5. The third-order valence-electron chi connectivity index (χ3n) is 3.14. The number of aromatic nitrogens is 2. The van der Waals surface area contributed by atoms with Crippen LogP contribution in [0.15, 0.2) is 16.5 Å². The molecule has 0 saturated heterocycles. The summed E-state index contributed by atoms with van der Waals surface area (Å²) in [7, 11) is 0. The van der Waals surface area contributed by atoms with Gasteiger partial charge in [-0.05, 0) is 31.9 Å². The van der Waals surface area contributed by atoms with E-state index in [9.17, 15) is 4.79 Å². The lowest BCUT2D eigenvalue weighted by Crippen LogP contribution is -2.23.